The fraction of sp³-hybridized carbons (Fsp3) is 0.211. The number of carbonyl (C=O) groups excluding carboxylic acids is 1. The highest BCUT2D eigenvalue weighted by Crippen LogP contribution is 2.30. The molecule has 0 radical (unpaired) electrons. The molecule has 0 spiro atoms. The van der Waals surface area contributed by atoms with Crippen LogP contribution in [0, 0.1) is 0 Å². The molecule has 3 heterocycles. The van der Waals surface area contributed by atoms with Crippen molar-refractivity contribution in [1.29, 1.82) is 0 Å². The molecule has 0 unspecified atom stereocenters. The molecular weight excluding hydrogens is 316 g/mol. The number of aliphatic hydroxyl groups is 1. The summed E-state index contributed by atoms with van der Waals surface area (Å²) in [5, 5.41) is 13.6. The number of allylic oxidation sites excluding steroid dienone is 4. The van der Waals surface area contributed by atoms with E-state index in [1.165, 1.54) is 17.2 Å². The summed E-state index contributed by atoms with van der Waals surface area (Å²) in [5.74, 6) is -0.0918. The summed E-state index contributed by atoms with van der Waals surface area (Å²) >= 11 is 0. The topological polar surface area (TPSA) is 72.4 Å². The quantitative estimate of drug-likeness (QED) is 0.799. The molecule has 3 aromatic rings. The second-order valence-electron chi connectivity index (χ2n) is 6.14. The van der Waals surface area contributed by atoms with Crippen molar-refractivity contribution in [2.24, 2.45) is 0 Å². The Bertz CT molecular complexity index is 1020. The maximum atomic E-state index is 11.4. The fourth-order valence-corrected chi connectivity index (χ4v) is 3.02. The van der Waals surface area contributed by atoms with Crippen molar-refractivity contribution < 1.29 is 9.90 Å². The smallest absolute Gasteiger partial charge is 0.243 e. The Morgan fingerprint density at radius 1 is 1.12 bits per heavy atom. The van der Waals surface area contributed by atoms with Gasteiger partial charge in [0.1, 0.15) is 5.65 Å². The van der Waals surface area contributed by atoms with Gasteiger partial charge >= 0.3 is 0 Å². The van der Waals surface area contributed by atoms with Gasteiger partial charge in [0.15, 0.2) is 0 Å². The van der Waals surface area contributed by atoms with Crippen molar-refractivity contribution in [2.45, 2.75) is 26.4 Å². The summed E-state index contributed by atoms with van der Waals surface area (Å²) in [6, 6.07) is 5.66. The maximum Gasteiger partial charge on any atom is 0.243 e. The highest BCUT2D eigenvalue weighted by Gasteiger charge is 2.15. The number of aromatic nitrogens is 4. The van der Waals surface area contributed by atoms with Crippen molar-refractivity contribution >= 4 is 22.7 Å². The van der Waals surface area contributed by atoms with Gasteiger partial charge in [-0.1, -0.05) is 18.2 Å². The van der Waals surface area contributed by atoms with Gasteiger partial charge in [0, 0.05) is 25.5 Å². The Morgan fingerprint density at radius 2 is 1.88 bits per heavy atom. The molecule has 0 saturated carbocycles. The molecule has 3 aromatic heterocycles. The van der Waals surface area contributed by atoms with Crippen LogP contribution in [0.15, 0.2) is 48.9 Å². The van der Waals surface area contributed by atoms with Crippen LogP contribution in [-0.2, 0) is 6.61 Å². The highest BCUT2D eigenvalue weighted by atomic mass is 16.3. The molecular formula is C19H18N4O2. The van der Waals surface area contributed by atoms with Gasteiger partial charge in [-0.2, -0.15) is 5.10 Å². The predicted octanol–water partition coefficient (Wildman–Crippen LogP) is 2.94. The van der Waals surface area contributed by atoms with Crippen LogP contribution in [0.5, 0.6) is 0 Å². The molecule has 0 fully saturated rings. The fourth-order valence-electron chi connectivity index (χ4n) is 3.02. The minimum Gasteiger partial charge on any atom is -0.392 e. The lowest BCUT2D eigenvalue weighted by Gasteiger charge is -2.11. The lowest BCUT2D eigenvalue weighted by molar-refractivity contribution is 0.0921. The first kappa shape index (κ1) is 15.5. The van der Waals surface area contributed by atoms with Crippen molar-refractivity contribution in [1.82, 2.24) is 19.2 Å². The van der Waals surface area contributed by atoms with Crippen LogP contribution in [0.3, 0.4) is 0 Å². The van der Waals surface area contributed by atoms with E-state index in [1.54, 1.807) is 6.20 Å². The van der Waals surface area contributed by atoms with E-state index in [1.807, 2.05) is 35.0 Å². The van der Waals surface area contributed by atoms with Gasteiger partial charge in [-0.05, 0) is 41.7 Å². The average Bonchev–Trinajstić information content (AvgIpc) is 3.28. The van der Waals surface area contributed by atoms with Crippen LogP contribution in [0.25, 0.3) is 16.8 Å². The molecule has 6 nitrogen and oxygen atoms in total. The molecule has 126 valence electrons. The number of nitrogens with zero attached hydrogens (tertiary/aromatic N) is 4. The molecule has 4 rings (SSSR count). The van der Waals surface area contributed by atoms with E-state index in [-0.39, 0.29) is 12.5 Å². The summed E-state index contributed by atoms with van der Waals surface area (Å²) in [7, 11) is 0. The first-order valence-electron chi connectivity index (χ1n) is 8.19. The van der Waals surface area contributed by atoms with E-state index in [9.17, 15) is 9.90 Å². The van der Waals surface area contributed by atoms with Crippen molar-refractivity contribution in [3.8, 4) is 0 Å². The average molecular weight is 334 g/mol. The van der Waals surface area contributed by atoms with Crippen LogP contribution in [0.2, 0.25) is 0 Å². The lowest BCUT2D eigenvalue weighted by Crippen LogP contribution is -2.06. The number of hydrogen-bond donors (Lipinski definition) is 1. The van der Waals surface area contributed by atoms with E-state index in [0.29, 0.717) is 0 Å². The van der Waals surface area contributed by atoms with Gasteiger partial charge in [-0.3, -0.25) is 4.79 Å². The van der Waals surface area contributed by atoms with E-state index >= 15 is 0 Å². The van der Waals surface area contributed by atoms with Crippen molar-refractivity contribution in [3.05, 3.63) is 65.9 Å². The SMILES string of the molecule is CC(=O)n1ccc(C2=CC=C(c3cn4cc(CO)ccc4n3)CC2)n1. The molecule has 25 heavy (non-hydrogen) atoms. The molecule has 0 aliphatic heterocycles. The first-order chi connectivity index (χ1) is 12.1. The van der Waals surface area contributed by atoms with E-state index < -0.39 is 0 Å². The summed E-state index contributed by atoms with van der Waals surface area (Å²) in [4.78, 5) is 16.0. The van der Waals surface area contributed by atoms with E-state index in [2.05, 4.69) is 22.2 Å². The third-order valence-corrected chi connectivity index (χ3v) is 4.41. The van der Waals surface area contributed by atoms with E-state index in [0.717, 1.165) is 41.0 Å². The van der Waals surface area contributed by atoms with E-state index in [4.69, 9.17) is 0 Å². The molecule has 0 atom stereocenters. The van der Waals surface area contributed by atoms with Crippen molar-refractivity contribution in [2.75, 3.05) is 0 Å². The molecule has 0 amide bonds. The van der Waals surface area contributed by atoms with Gasteiger partial charge < -0.3 is 9.51 Å². The third-order valence-electron chi connectivity index (χ3n) is 4.41. The minimum atomic E-state index is -0.0918. The van der Waals surface area contributed by atoms with Gasteiger partial charge in [-0.25, -0.2) is 9.67 Å². The summed E-state index contributed by atoms with van der Waals surface area (Å²) < 4.78 is 3.30. The first-order valence-corrected chi connectivity index (χ1v) is 8.19. The standard InChI is InChI=1S/C19H18N4O2/c1-13(25)23-9-8-17(21-23)15-3-5-16(6-4-15)18-11-22-10-14(12-24)2-7-19(22)20-18/h2-3,5,7-11,24H,4,6,12H2,1H3. The summed E-state index contributed by atoms with van der Waals surface area (Å²) in [5.41, 5.74) is 5.80. The molecule has 6 heteroatoms. The number of fused-ring (bicyclic) bond motifs is 1. The summed E-state index contributed by atoms with van der Waals surface area (Å²) in [6.07, 6.45) is 11.4. The predicted molar refractivity (Wildman–Crippen MR) is 94.8 cm³/mol. The second-order valence-corrected chi connectivity index (χ2v) is 6.14. The van der Waals surface area contributed by atoms with Crippen LogP contribution in [-0.4, -0.2) is 30.2 Å². The summed E-state index contributed by atoms with van der Waals surface area (Å²) in [6.45, 7) is 1.51. The number of hydrogen-bond acceptors (Lipinski definition) is 4. The second kappa shape index (κ2) is 6.14. The lowest BCUT2D eigenvalue weighted by atomic mass is 9.95. The number of carbonyl (C=O) groups is 1. The zero-order valence-electron chi connectivity index (χ0n) is 13.9. The normalized spacial score (nSPS) is 14.5. The number of rotatable bonds is 3. The Labute approximate surface area is 144 Å². The van der Waals surface area contributed by atoms with Gasteiger partial charge in [-0.15, -0.1) is 0 Å². The van der Waals surface area contributed by atoms with Gasteiger partial charge in [0.2, 0.25) is 5.91 Å². The molecule has 0 saturated heterocycles. The Morgan fingerprint density at radius 3 is 2.52 bits per heavy atom. The van der Waals surface area contributed by atoms with Crippen LogP contribution < -0.4 is 0 Å². The van der Waals surface area contributed by atoms with Crippen LogP contribution in [0.1, 0.15) is 41.5 Å². The molecule has 1 N–H and O–H groups in total. The zero-order chi connectivity index (χ0) is 17.4. The zero-order valence-corrected chi connectivity index (χ0v) is 13.9. The maximum absolute atomic E-state index is 11.4. The number of pyridine rings is 1. The Kier molecular flexibility index (Phi) is 3.82. The molecule has 0 aromatic carbocycles. The molecule has 1 aliphatic carbocycles. The van der Waals surface area contributed by atoms with Crippen LogP contribution >= 0.6 is 0 Å². The third kappa shape index (κ3) is 2.92. The Balaban J connectivity index is 1.62. The van der Waals surface area contributed by atoms with Crippen LogP contribution in [0.4, 0.5) is 0 Å². The highest BCUT2D eigenvalue weighted by molar-refractivity contribution is 5.78. The largest absolute Gasteiger partial charge is 0.392 e. The number of imidazole rings is 1. The molecule has 0 bridgehead atoms. The van der Waals surface area contributed by atoms with Crippen molar-refractivity contribution in [3.63, 3.8) is 0 Å². The molecule has 1 aliphatic rings. The monoisotopic (exact) mass is 334 g/mol. The van der Waals surface area contributed by atoms with Gasteiger partial charge in [0.25, 0.3) is 0 Å². The number of aliphatic hydroxyl groups excluding tert-OH is 1. The minimum absolute atomic E-state index is 0.0190. The van der Waals surface area contributed by atoms with Gasteiger partial charge in [0.05, 0.1) is 18.0 Å². The Hall–Kier alpha value is -2.99.